The molecular weight excluding hydrogens is 316 g/mol. The smallest absolute Gasteiger partial charge is 0.153 e. The molecule has 0 fully saturated rings. The average molecular weight is 337 g/mol. The number of nitrogens with one attached hydrogen (secondary N) is 1. The highest BCUT2D eigenvalue weighted by Gasteiger charge is 2.19. The molecule has 0 radical (unpaired) electrons. The third kappa shape index (κ3) is 3.67. The summed E-state index contributed by atoms with van der Waals surface area (Å²) < 4.78 is 2.66. The van der Waals surface area contributed by atoms with Gasteiger partial charge >= 0.3 is 0 Å². The molecule has 0 aliphatic heterocycles. The number of rotatable bonds is 6. The van der Waals surface area contributed by atoms with Gasteiger partial charge < -0.3 is 5.32 Å². The first kappa shape index (κ1) is 15.2. The Hall–Kier alpha value is -1.20. The fraction of sp³-hybridized carbons (Fsp3) is 0.467. The number of aryl methyl sites for hydroxylation is 2. The van der Waals surface area contributed by atoms with Crippen LogP contribution in [0.4, 0.5) is 0 Å². The fourth-order valence-corrected chi connectivity index (χ4v) is 2.86. The topological polar surface area (TPSA) is 42.7 Å². The van der Waals surface area contributed by atoms with Gasteiger partial charge in [-0.15, -0.1) is 5.10 Å². The Balaban J connectivity index is 2.21. The zero-order valence-corrected chi connectivity index (χ0v) is 13.8. The fourth-order valence-electron chi connectivity index (χ4n) is 2.25. The van der Waals surface area contributed by atoms with Crippen LogP contribution < -0.4 is 5.32 Å². The maximum absolute atomic E-state index is 4.09. The second kappa shape index (κ2) is 6.99. The molecule has 5 heteroatoms. The summed E-state index contributed by atoms with van der Waals surface area (Å²) in [6, 6.07) is 8.90. The van der Waals surface area contributed by atoms with Gasteiger partial charge in [-0.3, -0.25) is 0 Å². The third-order valence-corrected chi connectivity index (χ3v) is 3.92. The molecule has 2 aromatic rings. The van der Waals surface area contributed by atoms with Crippen LogP contribution in [0.15, 0.2) is 28.9 Å². The maximum Gasteiger partial charge on any atom is 0.153 e. The van der Waals surface area contributed by atoms with Gasteiger partial charge in [0.2, 0.25) is 0 Å². The van der Waals surface area contributed by atoms with Crippen LogP contribution in [0.2, 0.25) is 0 Å². The number of halogens is 1. The Morgan fingerprint density at radius 1 is 1.30 bits per heavy atom. The van der Waals surface area contributed by atoms with Crippen LogP contribution in [0.25, 0.3) is 0 Å². The minimum Gasteiger partial charge on any atom is -0.308 e. The molecule has 108 valence electrons. The zero-order chi connectivity index (χ0) is 14.5. The van der Waals surface area contributed by atoms with Crippen molar-refractivity contribution in [2.75, 3.05) is 6.54 Å². The normalized spacial score (nSPS) is 12.6. The Kier molecular flexibility index (Phi) is 5.31. The van der Waals surface area contributed by atoms with Crippen LogP contribution in [0, 0.1) is 6.92 Å². The molecule has 1 aromatic carbocycles. The lowest BCUT2D eigenvalue weighted by molar-refractivity contribution is 0.491. The second-order valence-electron chi connectivity index (χ2n) is 5.09. The van der Waals surface area contributed by atoms with Crippen LogP contribution in [-0.4, -0.2) is 21.5 Å². The van der Waals surface area contributed by atoms with Crippen molar-refractivity contribution in [3.05, 3.63) is 45.7 Å². The molecule has 0 saturated heterocycles. The van der Waals surface area contributed by atoms with Gasteiger partial charge in [0.1, 0.15) is 0 Å². The van der Waals surface area contributed by atoms with Crippen molar-refractivity contribution in [2.24, 2.45) is 7.05 Å². The van der Waals surface area contributed by atoms with Crippen molar-refractivity contribution in [1.29, 1.82) is 0 Å². The Labute approximate surface area is 128 Å². The Bertz CT molecular complexity index is 528. The van der Waals surface area contributed by atoms with Crippen molar-refractivity contribution in [1.82, 2.24) is 20.3 Å². The molecule has 1 unspecified atom stereocenters. The van der Waals surface area contributed by atoms with Gasteiger partial charge in [0, 0.05) is 7.05 Å². The second-order valence-corrected chi connectivity index (χ2v) is 5.84. The molecule has 1 heterocycles. The van der Waals surface area contributed by atoms with Crippen molar-refractivity contribution in [2.45, 2.75) is 32.7 Å². The van der Waals surface area contributed by atoms with E-state index >= 15 is 0 Å². The highest BCUT2D eigenvalue weighted by atomic mass is 79.9. The minimum atomic E-state index is 0.215. The van der Waals surface area contributed by atoms with E-state index in [0.717, 1.165) is 29.7 Å². The quantitative estimate of drug-likeness (QED) is 0.880. The third-order valence-electron chi connectivity index (χ3n) is 3.36. The number of aromatic nitrogens is 3. The molecule has 20 heavy (non-hydrogen) atoms. The van der Waals surface area contributed by atoms with Crippen LogP contribution in [0.3, 0.4) is 0 Å². The van der Waals surface area contributed by atoms with Gasteiger partial charge in [-0.2, -0.15) is 0 Å². The molecule has 0 aliphatic rings. The predicted molar refractivity (Wildman–Crippen MR) is 84.6 cm³/mol. The summed E-state index contributed by atoms with van der Waals surface area (Å²) >= 11 is 3.50. The first-order valence-electron chi connectivity index (χ1n) is 6.95. The number of nitrogens with zero attached hydrogens (tertiary/aromatic N) is 3. The summed E-state index contributed by atoms with van der Waals surface area (Å²) in [5.41, 5.74) is 3.70. The monoisotopic (exact) mass is 336 g/mol. The summed E-state index contributed by atoms with van der Waals surface area (Å²) in [4.78, 5) is 0. The summed E-state index contributed by atoms with van der Waals surface area (Å²) in [6.07, 6.45) is 2.04. The standard InChI is InChI=1S/C15H21BrN4/c1-4-9-17-13(14-15(16)18-19-20(14)3)10-12-7-5-11(2)6-8-12/h5-8,13,17H,4,9-10H2,1-3H3. The van der Waals surface area contributed by atoms with Crippen molar-refractivity contribution in [3.8, 4) is 0 Å². The number of benzene rings is 1. The van der Waals surface area contributed by atoms with Crippen LogP contribution >= 0.6 is 15.9 Å². The lowest BCUT2D eigenvalue weighted by Crippen LogP contribution is -2.26. The van der Waals surface area contributed by atoms with E-state index in [1.54, 1.807) is 0 Å². The van der Waals surface area contributed by atoms with E-state index in [0.29, 0.717) is 0 Å². The molecule has 4 nitrogen and oxygen atoms in total. The SMILES string of the molecule is CCCNC(Cc1ccc(C)cc1)c1c(Br)nnn1C. The van der Waals surface area contributed by atoms with Crippen LogP contribution in [0.1, 0.15) is 36.2 Å². The lowest BCUT2D eigenvalue weighted by Gasteiger charge is -2.19. The number of hydrogen-bond acceptors (Lipinski definition) is 3. The van der Waals surface area contributed by atoms with Gasteiger partial charge in [-0.05, 0) is 47.8 Å². The summed E-state index contributed by atoms with van der Waals surface area (Å²) in [5, 5.41) is 11.8. The van der Waals surface area contributed by atoms with Crippen molar-refractivity contribution in [3.63, 3.8) is 0 Å². The van der Waals surface area contributed by atoms with E-state index in [-0.39, 0.29) is 6.04 Å². The van der Waals surface area contributed by atoms with Crippen molar-refractivity contribution >= 4 is 15.9 Å². The van der Waals surface area contributed by atoms with Gasteiger partial charge in [-0.1, -0.05) is 42.0 Å². The minimum absolute atomic E-state index is 0.215. The molecule has 1 aromatic heterocycles. The van der Waals surface area contributed by atoms with Gasteiger partial charge in [-0.25, -0.2) is 4.68 Å². The molecular formula is C15H21BrN4. The molecule has 0 spiro atoms. The highest BCUT2D eigenvalue weighted by molar-refractivity contribution is 9.10. The average Bonchev–Trinajstić information content (AvgIpc) is 2.77. The summed E-state index contributed by atoms with van der Waals surface area (Å²) in [5.74, 6) is 0. The van der Waals surface area contributed by atoms with Crippen LogP contribution in [-0.2, 0) is 13.5 Å². The van der Waals surface area contributed by atoms with E-state index in [1.165, 1.54) is 11.1 Å². The van der Waals surface area contributed by atoms with Crippen LogP contribution in [0.5, 0.6) is 0 Å². The largest absolute Gasteiger partial charge is 0.308 e. The molecule has 2 rings (SSSR count). The zero-order valence-electron chi connectivity index (χ0n) is 12.2. The Morgan fingerprint density at radius 2 is 2.00 bits per heavy atom. The lowest BCUT2D eigenvalue weighted by atomic mass is 10.0. The maximum atomic E-state index is 4.09. The number of hydrogen-bond donors (Lipinski definition) is 1. The molecule has 0 bridgehead atoms. The summed E-state index contributed by atoms with van der Waals surface area (Å²) in [6.45, 7) is 5.26. The molecule has 0 amide bonds. The van der Waals surface area contributed by atoms with Gasteiger partial charge in [0.15, 0.2) is 4.60 Å². The van der Waals surface area contributed by atoms with Crippen molar-refractivity contribution < 1.29 is 0 Å². The summed E-state index contributed by atoms with van der Waals surface area (Å²) in [7, 11) is 1.93. The van der Waals surface area contributed by atoms with E-state index < -0.39 is 0 Å². The van der Waals surface area contributed by atoms with Gasteiger partial charge in [0.05, 0.1) is 11.7 Å². The van der Waals surface area contributed by atoms with Gasteiger partial charge in [0.25, 0.3) is 0 Å². The molecule has 1 N–H and O–H groups in total. The van der Waals surface area contributed by atoms with E-state index in [2.05, 4.69) is 69.7 Å². The van der Waals surface area contributed by atoms with E-state index in [9.17, 15) is 0 Å². The molecule has 0 aliphatic carbocycles. The first-order valence-corrected chi connectivity index (χ1v) is 7.75. The molecule has 1 atom stereocenters. The van der Waals surface area contributed by atoms with E-state index in [1.807, 2.05) is 11.7 Å². The highest BCUT2D eigenvalue weighted by Crippen LogP contribution is 2.24. The van der Waals surface area contributed by atoms with E-state index in [4.69, 9.17) is 0 Å². The Morgan fingerprint density at radius 3 is 2.55 bits per heavy atom. The molecule has 0 saturated carbocycles. The predicted octanol–water partition coefficient (Wildman–Crippen LogP) is 3.17. The first-order chi connectivity index (χ1) is 9.61.